The van der Waals surface area contributed by atoms with Gasteiger partial charge in [-0.05, 0) is 106 Å². The van der Waals surface area contributed by atoms with E-state index < -0.39 is 23.4 Å². The number of fused-ring (bicyclic) bond motifs is 1. The van der Waals surface area contributed by atoms with Crippen LogP contribution in [-0.4, -0.2) is 42.8 Å². The summed E-state index contributed by atoms with van der Waals surface area (Å²) in [7, 11) is 0. The average Bonchev–Trinajstić information content (AvgIpc) is 3.11. The fourth-order valence-electron chi connectivity index (χ4n) is 8.87. The molecule has 1 unspecified atom stereocenters. The van der Waals surface area contributed by atoms with Crippen LogP contribution < -0.4 is 20.4 Å². The highest BCUT2D eigenvalue weighted by Gasteiger charge is 2.56. The van der Waals surface area contributed by atoms with Crippen LogP contribution in [0.3, 0.4) is 0 Å². The van der Waals surface area contributed by atoms with Crippen molar-refractivity contribution in [1.29, 1.82) is 0 Å². The van der Waals surface area contributed by atoms with Gasteiger partial charge in [0.25, 0.3) is 5.91 Å². The van der Waals surface area contributed by atoms with E-state index in [0.717, 1.165) is 30.4 Å². The number of para-hydroxylation sites is 2. The number of benzene rings is 3. The largest absolute Gasteiger partial charge is 0.324 e. The molecule has 0 radical (unpaired) electrons. The van der Waals surface area contributed by atoms with E-state index in [0.29, 0.717) is 40.4 Å². The summed E-state index contributed by atoms with van der Waals surface area (Å²) in [6, 6.07) is 20.5. The number of carbonyl (C=O) groups excluding carboxylic acids is 4. The molecule has 2 N–H and O–H groups in total. The molecule has 3 aromatic carbocycles. The SMILES string of the molecule is Cc1cccc(NC(=O)NC2CN(C(=O)C34CC5CC(CC(C5)C3)C4)c3ccccc3N(CC(=O)c3ccccc3C)C2=O)c1. The lowest BCUT2D eigenvalue weighted by molar-refractivity contribution is -0.143. The molecule has 45 heavy (non-hydrogen) atoms. The molecule has 4 bridgehead atoms. The van der Waals surface area contributed by atoms with E-state index in [1.165, 1.54) is 24.2 Å². The summed E-state index contributed by atoms with van der Waals surface area (Å²) in [5, 5.41) is 5.72. The summed E-state index contributed by atoms with van der Waals surface area (Å²) in [4.78, 5) is 59.5. The third kappa shape index (κ3) is 5.51. The molecule has 0 spiro atoms. The monoisotopic (exact) mass is 604 g/mol. The first-order chi connectivity index (χ1) is 21.7. The molecular weight excluding hydrogens is 564 g/mol. The number of rotatable bonds is 6. The van der Waals surface area contributed by atoms with Gasteiger partial charge >= 0.3 is 6.03 Å². The molecule has 3 aromatic rings. The zero-order valence-electron chi connectivity index (χ0n) is 25.9. The number of carbonyl (C=O) groups is 4. The molecule has 1 heterocycles. The highest BCUT2D eigenvalue weighted by atomic mass is 16.2. The second kappa shape index (κ2) is 11.5. The van der Waals surface area contributed by atoms with Crippen LogP contribution in [0.2, 0.25) is 0 Å². The van der Waals surface area contributed by atoms with Gasteiger partial charge < -0.3 is 20.4 Å². The van der Waals surface area contributed by atoms with Gasteiger partial charge in [0.1, 0.15) is 6.04 Å². The van der Waals surface area contributed by atoms with E-state index in [2.05, 4.69) is 10.6 Å². The molecule has 4 saturated carbocycles. The highest BCUT2D eigenvalue weighted by molar-refractivity contribution is 6.13. The molecule has 8 nitrogen and oxygen atoms in total. The first kappa shape index (κ1) is 29.3. The fraction of sp³-hybridized carbons (Fsp3) is 0.405. The lowest BCUT2D eigenvalue weighted by atomic mass is 9.49. The van der Waals surface area contributed by atoms with E-state index >= 15 is 0 Å². The number of ketones is 1. The van der Waals surface area contributed by atoms with E-state index in [4.69, 9.17) is 0 Å². The van der Waals surface area contributed by atoms with Gasteiger partial charge in [-0.15, -0.1) is 0 Å². The predicted molar refractivity (Wildman–Crippen MR) is 174 cm³/mol. The van der Waals surface area contributed by atoms with Crippen molar-refractivity contribution in [3.8, 4) is 0 Å². The van der Waals surface area contributed by atoms with Crippen molar-refractivity contribution >= 4 is 40.7 Å². The summed E-state index contributed by atoms with van der Waals surface area (Å²) < 4.78 is 0. The maximum atomic E-state index is 14.8. The van der Waals surface area contributed by atoms with Gasteiger partial charge in [0.2, 0.25) is 5.91 Å². The number of urea groups is 1. The van der Waals surface area contributed by atoms with Crippen LogP contribution in [0.15, 0.2) is 72.8 Å². The minimum atomic E-state index is -1.07. The van der Waals surface area contributed by atoms with Crippen molar-refractivity contribution in [2.24, 2.45) is 23.2 Å². The number of anilines is 3. The third-order valence-corrected chi connectivity index (χ3v) is 10.5. The molecule has 4 aliphatic carbocycles. The Bertz CT molecular complexity index is 1650. The fourth-order valence-corrected chi connectivity index (χ4v) is 8.87. The molecule has 4 amide bonds. The Morgan fingerprint density at radius 3 is 2.13 bits per heavy atom. The Kier molecular flexibility index (Phi) is 7.46. The molecule has 0 saturated heterocycles. The molecular formula is C37H40N4O4. The van der Waals surface area contributed by atoms with Crippen LogP contribution in [0, 0.1) is 37.0 Å². The van der Waals surface area contributed by atoms with Crippen LogP contribution >= 0.6 is 0 Å². The maximum absolute atomic E-state index is 14.8. The van der Waals surface area contributed by atoms with E-state index in [9.17, 15) is 19.2 Å². The normalized spacial score (nSPS) is 26.7. The average molecular weight is 605 g/mol. The number of hydrogen-bond acceptors (Lipinski definition) is 4. The van der Waals surface area contributed by atoms with Gasteiger partial charge in [-0.25, -0.2) is 4.79 Å². The van der Waals surface area contributed by atoms with Crippen molar-refractivity contribution < 1.29 is 19.2 Å². The Labute approximate surface area is 264 Å². The summed E-state index contributed by atoms with van der Waals surface area (Å²) in [5.41, 5.74) is 3.61. The molecule has 1 aliphatic heterocycles. The number of amides is 4. The molecule has 5 aliphatic rings. The molecule has 0 aromatic heterocycles. The van der Waals surface area contributed by atoms with Gasteiger partial charge in [0, 0.05) is 11.3 Å². The van der Waals surface area contributed by atoms with Crippen molar-refractivity contribution in [3.05, 3.63) is 89.5 Å². The zero-order valence-corrected chi connectivity index (χ0v) is 25.9. The van der Waals surface area contributed by atoms with Gasteiger partial charge in [-0.2, -0.15) is 0 Å². The second-order valence-corrected chi connectivity index (χ2v) is 13.8. The van der Waals surface area contributed by atoms with Crippen molar-refractivity contribution in [1.82, 2.24) is 5.32 Å². The van der Waals surface area contributed by atoms with Gasteiger partial charge in [0.15, 0.2) is 5.78 Å². The standard InChI is InChI=1S/C37H40N4O4/c1-23-8-7-10-28(14-23)38-36(45)39-30-21-41(35(44)37-18-25-15-26(19-37)17-27(16-25)20-37)32-13-6-5-12-31(32)40(34(30)43)22-33(42)29-11-4-3-9-24(29)2/h3-14,25-27,30H,15-22H2,1-2H3,(H2,38,39,45). The highest BCUT2D eigenvalue weighted by Crippen LogP contribution is 2.61. The number of aryl methyl sites for hydroxylation is 2. The van der Waals surface area contributed by atoms with Gasteiger partial charge in [-0.1, -0.05) is 48.5 Å². The topological polar surface area (TPSA) is 98.8 Å². The number of hydrogen-bond donors (Lipinski definition) is 2. The summed E-state index contributed by atoms with van der Waals surface area (Å²) >= 11 is 0. The van der Waals surface area contributed by atoms with Crippen LogP contribution in [-0.2, 0) is 9.59 Å². The van der Waals surface area contributed by atoms with E-state index in [1.54, 1.807) is 23.1 Å². The summed E-state index contributed by atoms with van der Waals surface area (Å²) in [5.74, 6) is 1.12. The molecule has 4 fully saturated rings. The van der Waals surface area contributed by atoms with Gasteiger partial charge in [-0.3, -0.25) is 14.4 Å². The Morgan fingerprint density at radius 2 is 1.47 bits per heavy atom. The van der Waals surface area contributed by atoms with Crippen molar-refractivity contribution in [2.45, 2.75) is 58.4 Å². The third-order valence-electron chi connectivity index (χ3n) is 10.5. The van der Waals surface area contributed by atoms with Crippen molar-refractivity contribution in [2.75, 3.05) is 28.2 Å². The maximum Gasteiger partial charge on any atom is 0.319 e. The summed E-state index contributed by atoms with van der Waals surface area (Å²) in [6.45, 7) is 3.59. The minimum Gasteiger partial charge on any atom is -0.324 e. The molecule has 8 rings (SSSR count). The van der Waals surface area contributed by atoms with Gasteiger partial charge in [0.05, 0.1) is 29.9 Å². The molecule has 8 heteroatoms. The Morgan fingerprint density at radius 1 is 0.822 bits per heavy atom. The van der Waals surface area contributed by atoms with Crippen molar-refractivity contribution in [3.63, 3.8) is 0 Å². The van der Waals surface area contributed by atoms with E-state index in [1.807, 2.05) is 68.4 Å². The van der Waals surface area contributed by atoms with Crippen LogP contribution in [0.4, 0.5) is 21.9 Å². The van der Waals surface area contributed by atoms with Crippen LogP contribution in [0.5, 0.6) is 0 Å². The first-order valence-electron chi connectivity index (χ1n) is 16.1. The number of nitrogens with zero attached hydrogens (tertiary/aromatic N) is 2. The van der Waals surface area contributed by atoms with E-state index in [-0.39, 0.29) is 24.8 Å². The predicted octanol–water partition coefficient (Wildman–Crippen LogP) is 6.27. The number of Topliss-reactive ketones (excluding diaryl/α,β-unsaturated/α-hetero) is 1. The minimum absolute atomic E-state index is 0.00722. The second-order valence-electron chi connectivity index (χ2n) is 13.8. The lowest BCUT2D eigenvalue weighted by Crippen LogP contribution is -2.58. The smallest absolute Gasteiger partial charge is 0.319 e. The quantitative estimate of drug-likeness (QED) is 0.324. The zero-order chi connectivity index (χ0) is 31.3. The number of nitrogens with one attached hydrogen (secondary N) is 2. The molecule has 1 atom stereocenters. The first-order valence-corrected chi connectivity index (χ1v) is 16.1. The Balaban J connectivity index is 1.25. The molecule has 232 valence electrons. The van der Waals surface area contributed by atoms with Crippen LogP contribution in [0.25, 0.3) is 0 Å². The van der Waals surface area contributed by atoms with Crippen LogP contribution in [0.1, 0.15) is 60.0 Å². The summed E-state index contributed by atoms with van der Waals surface area (Å²) in [6.07, 6.45) is 6.27. The Hall–Kier alpha value is -4.46. The lowest BCUT2D eigenvalue weighted by Gasteiger charge is -2.56.